The molecule has 0 saturated carbocycles. The highest BCUT2D eigenvalue weighted by molar-refractivity contribution is 5.91. The van der Waals surface area contributed by atoms with Crippen LogP contribution in [0.1, 0.15) is 45.7 Å². The molecule has 0 amide bonds. The van der Waals surface area contributed by atoms with E-state index in [0.29, 0.717) is 5.56 Å². The number of benzene rings is 2. The number of carbonyl (C=O) groups excluding carboxylic acids is 1. The highest BCUT2D eigenvalue weighted by Gasteiger charge is 2.13. The lowest BCUT2D eigenvalue weighted by Crippen LogP contribution is -2.08. The van der Waals surface area contributed by atoms with Crippen LogP contribution in [0.2, 0.25) is 0 Å². The first-order valence-electron chi connectivity index (χ1n) is 9.51. The predicted octanol–water partition coefficient (Wildman–Crippen LogP) is 4.38. The Hall–Kier alpha value is -3.32. The third kappa shape index (κ3) is 3.70. The number of rotatable bonds is 2. The van der Waals surface area contributed by atoms with Gasteiger partial charge in [0.05, 0.1) is 18.4 Å². The van der Waals surface area contributed by atoms with E-state index in [1.807, 2.05) is 31.2 Å². The molecule has 0 saturated heterocycles. The minimum atomic E-state index is -0.325. The monoisotopic (exact) mass is 370 g/mol. The van der Waals surface area contributed by atoms with Crippen molar-refractivity contribution in [3.05, 3.63) is 76.7 Å². The Morgan fingerprint density at radius 3 is 2.54 bits per heavy atom. The molecule has 1 aliphatic rings. The third-order valence-corrected chi connectivity index (χ3v) is 5.07. The van der Waals surface area contributed by atoms with Crippen molar-refractivity contribution >= 4 is 5.97 Å². The minimum absolute atomic E-state index is 0.325. The average molecular weight is 370 g/mol. The van der Waals surface area contributed by atoms with E-state index in [4.69, 9.17) is 9.72 Å². The van der Waals surface area contributed by atoms with Crippen molar-refractivity contribution in [2.24, 2.45) is 0 Å². The van der Waals surface area contributed by atoms with E-state index < -0.39 is 0 Å². The van der Waals surface area contributed by atoms with Crippen molar-refractivity contribution in [2.75, 3.05) is 7.11 Å². The normalized spacial score (nSPS) is 12.6. The molecule has 4 heteroatoms. The summed E-state index contributed by atoms with van der Waals surface area (Å²) in [5.74, 6) is 7.21. The molecule has 0 bridgehead atoms. The maximum atomic E-state index is 11.7. The number of nitrogens with zero attached hydrogens (tertiary/aromatic N) is 2. The van der Waals surface area contributed by atoms with Gasteiger partial charge in [-0.25, -0.2) is 9.78 Å². The Balaban J connectivity index is 1.52. The summed E-state index contributed by atoms with van der Waals surface area (Å²) >= 11 is 0. The Bertz CT molecular complexity index is 1060. The number of carbonyl (C=O) groups is 1. The van der Waals surface area contributed by atoms with Gasteiger partial charge in [-0.15, -0.1) is 0 Å². The first-order chi connectivity index (χ1) is 13.6. The average Bonchev–Trinajstić information content (AvgIpc) is 3.16. The van der Waals surface area contributed by atoms with Crippen molar-refractivity contribution in [1.29, 1.82) is 0 Å². The molecule has 0 atom stereocenters. The number of aromatic nitrogens is 2. The quantitative estimate of drug-likeness (QED) is 0.497. The summed E-state index contributed by atoms with van der Waals surface area (Å²) in [6.07, 6.45) is 5.68. The first-order valence-corrected chi connectivity index (χ1v) is 9.51. The number of imidazole rings is 1. The smallest absolute Gasteiger partial charge is 0.338 e. The van der Waals surface area contributed by atoms with Crippen molar-refractivity contribution in [1.82, 2.24) is 9.55 Å². The lowest BCUT2D eigenvalue weighted by molar-refractivity contribution is 0.0600. The van der Waals surface area contributed by atoms with Gasteiger partial charge in [-0.3, -0.25) is 0 Å². The molecule has 1 aliphatic heterocycles. The Labute approximate surface area is 165 Å². The van der Waals surface area contributed by atoms with Crippen LogP contribution >= 0.6 is 0 Å². The second-order valence-corrected chi connectivity index (χ2v) is 7.04. The molecule has 4 rings (SSSR count). The molecule has 0 aliphatic carbocycles. The SMILES string of the molecule is COC(=O)c1ccc(C#Cc2ccc(-c3cn4c(n3)CCCC4)cc2)cc1C. The molecule has 1 aromatic heterocycles. The van der Waals surface area contributed by atoms with E-state index in [0.717, 1.165) is 40.9 Å². The molecule has 4 nitrogen and oxygen atoms in total. The number of fused-ring (bicyclic) bond motifs is 1. The molecular weight excluding hydrogens is 348 g/mol. The van der Waals surface area contributed by atoms with Crippen LogP contribution in [0, 0.1) is 18.8 Å². The highest BCUT2D eigenvalue weighted by Crippen LogP contribution is 2.23. The van der Waals surface area contributed by atoms with Crippen molar-refractivity contribution < 1.29 is 9.53 Å². The van der Waals surface area contributed by atoms with Crippen molar-refractivity contribution in [2.45, 2.75) is 32.7 Å². The molecule has 3 aromatic rings. The van der Waals surface area contributed by atoms with Gasteiger partial charge in [-0.05, 0) is 55.7 Å². The summed E-state index contributed by atoms with van der Waals surface area (Å²) < 4.78 is 7.05. The molecule has 140 valence electrons. The number of aryl methyl sites for hydroxylation is 3. The second kappa shape index (κ2) is 7.74. The van der Waals surface area contributed by atoms with E-state index in [1.165, 1.54) is 25.8 Å². The summed E-state index contributed by atoms with van der Waals surface area (Å²) in [6, 6.07) is 13.7. The Kier molecular flexibility index (Phi) is 4.99. The third-order valence-electron chi connectivity index (χ3n) is 5.07. The fourth-order valence-corrected chi connectivity index (χ4v) is 3.50. The molecule has 28 heavy (non-hydrogen) atoms. The maximum absolute atomic E-state index is 11.7. The van der Waals surface area contributed by atoms with Gasteiger partial charge in [0.1, 0.15) is 5.82 Å². The van der Waals surface area contributed by atoms with Crippen LogP contribution in [0.4, 0.5) is 0 Å². The number of esters is 1. The molecule has 0 spiro atoms. The number of hydrogen-bond acceptors (Lipinski definition) is 3. The molecule has 2 aromatic carbocycles. The topological polar surface area (TPSA) is 44.1 Å². The van der Waals surface area contributed by atoms with Gasteiger partial charge in [0, 0.05) is 35.9 Å². The van der Waals surface area contributed by atoms with E-state index in [-0.39, 0.29) is 5.97 Å². The van der Waals surface area contributed by atoms with Gasteiger partial charge >= 0.3 is 5.97 Å². The van der Waals surface area contributed by atoms with Crippen molar-refractivity contribution in [3.8, 4) is 23.1 Å². The summed E-state index contributed by atoms with van der Waals surface area (Å²) in [5, 5.41) is 0. The molecule has 2 heterocycles. The lowest BCUT2D eigenvalue weighted by Gasteiger charge is -2.11. The number of hydrogen-bond donors (Lipinski definition) is 0. The van der Waals surface area contributed by atoms with Gasteiger partial charge in [-0.1, -0.05) is 24.0 Å². The van der Waals surface area contributed by atoms with Crippen LogP contribution < -0.4 is 0 Å². The largest absolute Gasteiger partial charge is 0.465 e. The Morgan fingerprint density at radius 1 is 1.07 bits per heavy atom. The summed E-state index contributed by atoms with van der Waals surface area (Å²) in [6.45, 7) is 2.96. The van der Waals surface area contributed by atoms with Gasteiger partial charge in [-0.2, -0.15) is 0 Å². The van der Waals surface area contributed by atoms with Gasteiger partial charge in [0.25, 0.3) is 0 Å². The first kappa shape index (κ1) is 18.1. The summed E-state index contributed by atoms with van der Waals surface area (Å²) in [4.78, 5) is 16.4. The van der Waals surface area contributed by atoms with Gasteiger partial charge in [0.2, 0.25) is 0 Å². The van der Waals surface area contributed by atoms with E-state index in [2.05, 4.69) is 34.7 Å². The van der Waals surface area contributed by atoms with Crippen LogP contribution in [0.25, 0.3) is 11.3 Å². The van der Waals surface area contributed by atoms with E-state index >= 15 is 0 Å². The molecule has 0 N–H and O–H groups in total. The minimum Gasteiger partial charge on any atom is -0.465 e. The number of methoxy groups -OCH3 is 1. The molecule has 0 unspecified atom stereocenters. The predicted molar refractivity (Wildman–Crippen MR) is 109 cm³/mol. The van der Waals surface area contributed by atoms with Crippen LogP contribution in [-0.2, 0) is 17.7 Å². The van der Waals surface area contributed by atoms with Crippen LogP contribution in [0.3, 0.4) is 0 Å². The van der Waals surface area contributed by atoms with Crippen LogP contribution in [-0.4, -0.2) is 22.6 Å². The van der Waals surface area contributed by atoms with Crippen molar-refractivity contribution in [3.63, 3.8) is 0 Å². The fraction of sp³-hybridized carbons (Fsp3) is 0.250. The zero-order valence-corrected chi connectivity index (χ0v) is 16.2. The van der Waals surface area contributed by atoms with Gasteiger partial charge in [0.15, 0.2) is 0 Å². The standard InChI is InChI=1S/C24H22N2O2/c1-17-15-19(10-13-21(17)24(27)28-2)7-6-18-8-11-20(12-9-18)22-16-26-14-4-3-5-23(26)25-22/h8-13,15-16H,3-5,14H2,1-2H3. The highest BCUT2D eigenvalue weighted by atomic mass is 16.5. The summed E-state index contributed by atoms with van der Waals surface area (Å²) in [7, 11) is 1.39. The lowest BCUT2D eigenvalue weighted by atomic mass is 10.0. The van der Waals surface area contributed by atoms with Gasteiger partial charge < -0.3 is 9.30 Å². The van der Waals surface area contributed by atoms with E-state index in [9.17, 15) is 4.79 Å². The van der Waals surface area contributed by atoms with Crippen LogP contribution in [0.15, 0.2) is 48.7 Å². The molecule has 0 radical (unpaired) electrons. The second-order valence-electron chi connectivity index (χ2n) is 7.04. The zero-order chi connectivity index (χ0) is 19.5. The van der Waals surface area contributed by atoms with E-state index in [1.54, 1.807) is 6.07 Å². The number of ether oxygens (including phenoxy) is 1. The molecular formula is C24H22N2O2. The fourth-order valence-electron chi connectivity index (χ4n) is 3.50. The maximum Gasteiger partial charge on any atom is 0.338 e. The Morgan fingerprint density at radius 2 is 1.82 bits per heavy atom. The summed E-state index contributed by atoms with van der Waals surface area (Å²) in [5.41, 5.74) is 5.40. The molecule has 0 fully saturated rings. The zero-order valence-electron chi connectivity index (χ0n) is 16.2. The van der Waals surface area contributed by atoms with Crippen LogP contribution in [0.5, 0.6) is 0 Å².